The summed E-state index contributed by atoms with van der Waals surface area (Å²) < 4.78 is 14.5. The van der Waals surface area contributed by atoms with Crippen LogP contribution >= 0.6 is 43.5 Å². The van der Waals surface area contributed by atoms with Gasteiger partial charge in [-0.05, 0) is 69.1 Å². The molecule has 0 aliphatic heterocycles. The first kappa shape index (κ1) is 15.7. The van der Waals surface area contributed by atoms with Crippen molar-refractivity contribution in [3.8, 4) is 0 Å². The van der Waals surface area contributed by atoms with E-state index in [-0.39, 0.29) is 16.4 Å². The smallest absolute Gasteiger partial charge is 0.196 e. The van der Waals surface area contributed by atoms with Crippen LogP contribution in [0.25, 0.3) is 10.9 Å². The molecule has 3 aromatic rings. The molecule has 0 spiro atoms. The lowest BCUT2D eigenvalue weighted by Crippen LogP contribution is -2.05. The molecule has 6 heteroatoms. The van der Waals surface area contributed by atoms with E-state index in [2.05, 4.69) is 36.8 Å². The highest BCUT2D eigenvalue weighted by atomic mass is 79.9. The Labute approximate surface area is 147 Å². The van der Waals surface area contributed by atoms with E-state index in [9.17, 15) is 9.18 Å². The van der Waals surface area contributed by atoms with E-state index in [1.54, 1.807) is 0 Å². The SMILES string of the molecule is Cc1cc2c(Br)c(C(=O)c3ccc(F)cc3Cl)c(Br)cc2[nH]1. The van der Waals surface area contributed by atoms with Gasteiger partial charge in [0.1, 0.15) is 5.82 Å². The highest BCUT2D eigenvalue weighted by molar-refractivity contribution is 9.11. The molecular weight excluding hydrogens is 436 g/mol. The van der Waals surface area contributed by atoms with Crippen molar-refractivity contribution < 1.29 is 9.18 Å². The van der Waals surface area contributed by atoms with Crippen molar-refractivity contribution in [3.63, 3.8) is 0 Å². The molecule has 3 rings (SSSR count). The molecule has 1 aromatic heterocycles. The molecule has 112 valence electrons. The topological polar surface area (TPSA) is 32.9 Å². The van der Waals surface area contributed by atoms with E-state index in [1.807, 2.05) is 19.1 Å². The highest BCUT2D eigenvalue weighted by Gasteiger charge is 2.21. The van der Waals surface area contributed by atoms with Crippen molar-refractivity contribution >= 4 is 60.1 Å². The number of ketones is 1. The second-order valence-electron chi connectivity index (χ2n) is 4.91. The molecule has 0 aliphatic carbocycles. The van der Waals surface area contributed by atoms with Crippen LogP contribution in [0.5, 0.6) is 0 Å². The Balaban J connectivity index is 2.22. The molecule has 0 saturated carbocycles. The number of halogens is 4. The Bertz CT molecular complexity index is 920. The number of aromatic nitrogens is 1. The molecule has 2 nitrogen and oxygen atoms in total. The first-order valence-electron chi connectivity index (χ1n) is 6.35. The predicted molar refractivity (Wildman–Crippen MR) is 93.3 cm³/mol. The van der Waals surface area contributed by atoms with Gasteiger partial charge in [-0.15, -0.1) is 0 Å². The zero-order chi connectivity index (χ0) is 16.0. The summed E-state index contributed by atoms with van der Waals surface area (Å²) in [6.45, 7) is 1.94. The van der Waals surface area contributed by atoms with Gasteiger partial charge in [-0.2, -0.15) is 0 Å². The van der Waals surface area contributed by atoms with E-state index in [0.717, 1.165) is 22.7 Å². The Kier molecular flexibility index (Phi) is 4.14. The number of aromatic amines is 1. The van der Waals surface area contributed by atoms with Gasteiger partial charge >= 0.3 is 0 Å². The summed E-state index contributed by atoms with van der Waals surface area (Å²) in [7, 11) is 0. The van der Waals surface area contributed by atoms with Gasteiger partial charge in [0.15, 0.2) is 5.78 Å². The van der Waals surface area contributed by atoms with Crippen LogP contribution < -0.4 is 0 Å². The molecule has 1 heterocycles. The van der Waals surface area contributed by atoms with Crippen molar-refractivity contribution in [2.24, 2.45) is 0 Å². The van der Waals surface area contributed by atoms with Gasteiger partial charge in [-0.1, -0.05) is 11.6 Å². The normalized spacial score (nSPS) is 11.1. The summed E-state index contributed by atoms with van der Waals surface area (Å²) in [5.41, 5.74) is 2.63. The maximum atomic E-state index is 13.2. The Morgan fingerprint density at radius 2 is 1.95 bits per heavy atom. The lowest BCUT2D eigenvalue weighted by molar-refractivity contribution is 0.103. The lowest BCUT2D eigenvalue weighted by atomic mass is 10.0. The number of nitrogens with one attached hydrogen (secondary N) is 1. The Hall–Kier alpha value is -1.17. The first-order valence-corrected chi connectivity index (χ1v) is 8.32. The number of hydrogen-bond acceptors (Lipinski definition) is 1. The van der Waals surface area contributed by atoms with E-state index in [4.69, 9.17) is 11.6 Å². The third kappa shape index (κ3) is 2.62. The second kappa shape index (κ2) is 5.80. The molecule has 0 aliphatic rings. The average Bonchev–Trinajstić information content (AvgIpc) is 2.79. The number of carbonyl (C=O) groups excluding carboxylic acids is 1. The van der Waals surface area contributed by atoms with Crippen LogP contribution in [0.15, 0.2) is 39.3 Å². The zero-order valence-electron chi connectivity index (χ0n) is 11.3. The van der Waals surface area contributed by atoms with Crippen molar-refractivity contribution in [1.29, 1.82) is 0 Å². The number of rotatable bonds is 2. The summed E-state index contributed by atoms with van der Waals surface area (Å²) in [4.78, 5) is 16.0. The summed E-state index contributed by atoms with van der Waals surface area (Å²) in [6, 6.07) is 7.55. The Morgan fingerprint density at radius 3 is 2.64 bits per heavy atom. The summed E-state index contributed by atoms with van der Waals surface area (Å²) in [5.74, 6) is -0.749. The van der Waals surface area contributed by atoms with Crippen molar-refractivity contribution in [2.45, 2.75) is 6.92 Å². The number of hydrogen-bond donors (Lipinski definition) is 1. The minimum absolute atomic E-state index is 0.0918. The van der Waals surface area contributed by atoms with Gasteiger partial charge < -0.3 is 4.98 Å². The minimum Gasteiger partial charge on any atom is -0.359 e. The van der Waals surface area contributed by atoms with E-state index < -0.39 is 5.82 Å². The van der Waals surface area contributed by atoms with E-state index >= 15 is 0 Å². The van der Waals surface area contributed by atoms with Crippen molar-refractivity contribution in [3.05, 3.63) is 66.9 Å². The minimum atomic E-state index is -0.476. The summed E-state index contributed by atoms with van der Waals surface area (Å²) in [5, 5.41) is 0.997. The van der Waals surface area contributed by atoms with Gasteiger partial charge in [-0.25, -0.2) is 4.39 Å². The fourth-order valence-corrected chi connectivity index (χ4v) is 4.21. The molecule has 0 unspecified atom stereocenters. The molecule has 0 saturated heterocycles. The largest absolute Gasteiger partial charge is 0.359 e. The lowest BCUT2D eigenvalue weighted by Gasteiger charge is -2.09. The monoisotopic (exact) mass is 443 g/mol. The Morgan fingerprint density at radius 1 is 1.23 bits per heavy atom. The van der Waals surface area contributed by atoms with Crippen molar-refractivity contribution in [2.75, 3.05) is 0 Å². The fourth-order valence-electron chi connectivity index (χ4n) is 2.36. The van der Waals surface area contributed by atoms with Gasteiger partial charge in [0.25, 0.3) is 0 Å². The van der Waals surface area contributed by atoms with E-state index in [1.165, 1.54) is 12.1 Å². The number of benzene rings is 2. The summed E-state index contributed by atoms with van der Waals surface area (Å²) in [6.07, 6.45) is 0. The number of carbonyl (C=O) groups is 1. The maximum Gasteiger partial charge on any atom is 0.196 e. The molecule has 2 aromatic carbocycles. The quantitative estimate of drug-likeness (QED) is 0.481. The fraction of sp³-hybridized carbons (Fsp3) is 0.0625. The maximum absolute atomic E-state index is 13.2. The number of H-pyrrole nitrogens is 1. The second-order valence-corrected chi connectivity index (χ2v) is 6.97. The van der Waals surface area contributed by atoms with Gasteiger partial charge in [0, 0.05) is 31.1 Å². The van der Waals surface area contributed by atoms with Crippen LogP contribution in [0.1, 0.15) is 21.6 Å². The average molecular weight is 446 g/mol. The molecule has 0 atom stereocenters. The third-order valence-corrected chi connectivity index (χ3v) is 5.11. The van der Waals surface area contributed by atoms with Crippen LogP contribution in [-0.4, -0.2) is 10.8 Å². The van der Waals surface area contributed by atoms with Crippen LogP contribution in [0, 0.1) is 12.7 Å². The molecule has 0 radical (unpaired) electrons. The van der Waals surface area contributed by atoms with Crippen LogP contribution in [-0.2, 0) is 0 Å². The van der Waals surface area contributed by atoms with Crippen LogP contribution in [0.2, 0.25) is 5.02 Å². The molecule has 0 amide bonds. The molecule has 0 fully saturated rings. The summed E-state index contributed by atoms with van der Waals surface area (Å²) >= 11 is 12.9. The van der Waals surface area contributed by atoms with Gasteiger partial charge in [0.05, 0.1) is 10.6 Å². The zero-order valence-corrected chi connectivity index (χ0v) is 15.2. The van der Waals surface area contributed by atoms with Crippen LogP contribution in [0.4, 0.5) is 4.39 Å². The third-order valence-electron chi connectivity index (χ3n) is 3.35. The van der Waals surface area contributed by atoms with Gasteiger partial charge in [0.2, 0.25) is 0 Å². The molecule has 22 heavy (non-hydrogen) atoms. The molecular formula is C16H9Br2ClFNO. The molecule has 0 bridgehead atoms. The number of fused-ring (bicyclic) bond motifs is 1. The van der Waals surface area contributed by atoms with Crippen molar-refractivity contribution in [1.82, 2.24) is 4.98 Å². The van der Waals surface area contributed by atoms with E-state index in [0.29, 0.717) is 14.5 Å². The number of aryl methyl sites for hydroxylation is 1. The highest BCUT2D eigenvalue weighted by Crippen LogP contribution is 2.36. The van der Waals surface area contributed by atoms with Gasteiger partial charge in [-0.3, -0.25) is 4.79 Å². The molecule has 1 N–H and O–H groups in total. The predicted octanol–water partition coefficient (Wildman–Crippen LogP) is 6.02. The van der Waals surface area contributed by atoms with Crippen LogP contribution in [0.3, 0.4) is 0 Å². The first-order chi connectivity index (χ1) is 10.4. The standard InChI is InChI=1S/C16H9Br2ClFNO/c1-7-4-10-13(21-7)6-11(17)14(15(10)18)16(22)9-3-2-8(20)5-12(9)19/h2-6,21H,1H3.